The summed E-state index contributed by atoms with van der Waals surface area (Å²) in [5.41, 5.74) is 1.08. The van der Waals surface area contributed by atoms with E-state index in [2.05, 4.69) is 23.1 Å². The zero-order chi connectivity index (χ0) is 15.0. The average Bonchev–Trinajstić information content (AvgIpc) is 2.49. The van der Waals surface area contributed by atoms with Crippen molar-refractivity contribution >= 4 is 17.7 Å². The largest absolute Gasteiger partial charge is 0.384 e. The molecule has 0 bridgehead atoms. The van der Waals surface area contributed by atoms with Crippen molar-refractivity contribution in [2.45, 2.75) is 19.4 Å². The second-order valence-electron chi connectivity index (χ2n) is 4.43. The van der Waals surface area contributed by atoms with E-state index in [9.17, 15) is 4.79 Å². The van der Waals surface area contributed by atoms with E-state index in [4.69, 9.17) is 5.11 Å². The van der Waals surface area contributed by atoms with Crippen LogP contribution in [0.15, 0.2) is 18.5 Å². The van der Waals surface area contributed by atoms with Crippen LogP contribution in [0.2, 0.25) is 0 Å². The molecule has 0 spiro atoms. The summed E-state index contributed by atoms with van der Waals surface area (Å²) in [6, 6.07) is 1.84. The van der Waals surface area contributed by atoms with Crippen LogP contribution in [0.5, 0.6) is 0 Å². The Labute approximate surface area is 124 Å². The molecule has 5 heteroatoms. The standard InChI is InChI=1S/C15H20N2O2S/c1-12(7-10-20-3)17(2)15(19)14-6-8-16-11-13(14)5-4-9-18/h6,8,11-12,18H,7,9-10H2,1-3H3. The van der Waals surface area contributed by atoms with Crippen LogP contribution in [0.3, 0.4) is 0 Å². The molecular formula is C15H20N2O2S. The number of rotatable bonds is 5. The van der Waals surface area contributed by atoms with Crippen molar-refractivity contribution in [3.8, 4) is 11.8 Å². The molecule has 0 saturated carbocycles. The second kappa shape index (κ2) is 8.62. The van der Waals surface area contributed by atoms with Gasteiger partial charge < -0.3 is 10.0 Å². The predicted molar refractivity (Wildman–Crippen MR) is 82.8 cm³/mol. The maximum Gasteiger partial charge on any atom is 0.255 e. The molecular weight excluding hydrogens is 272 g/mol. The molecule has 1 N–H and O–H groups in total. The van der Waals surface area contributed by atoms with E-state index in [1.807, 2.05) is 6.92 Å². The van der Waals surface area contributed by atoms with Crippen LogP contribution in [0.25, 0.3) is 0 Å². The molecule has 1 aromatic heterocycles. The monoisotopic (exact) mass is 292 g/mol. The highest BCUT2D eigenvalue weighted by molar-refractivity contribution is 7.98. The molecule has 0 saturated heterocycles. The van der Waals surface area contributed by atoms with Crippen LogP contribution < -0.4 is 0 Å². The molecule has 108 valence electrons. The minimum absolute atomic E-state index is 0.0664. The molecule has 1 atom stereocenters. The van der Waals surface area contributed by atoms with Gasteiger partial charge in [0.05, 0.1) is 11.1 Å². The molecule has 0 aliphatic rings. The first-order chi connectivity index (χ1) is 9.61. The number of nitrogens with zero attached hydrogens (tertiary/aromatic N) is 2. The predicted octanol–water partition coefficient (Wildman–Crippen LogP) is 1.64. The lowest BCUT2D eigenvalue weighted by atomic mass is 10.1. The zero-order valence-electron chi connectivity index (χ0n) is 12.1. The van der Waals surface area contributed by atoms with Crippen molar-refractivity contribution in [3.63, 3.8) is 0 Å². The molecule has 0 aliphatic heterocycles. The van der Waals surface area contributed by atoms with Crippen LogP contribution >= 0.6 is 11.8 Å². The number of thioether (sulfide) groups is 1. The molecule has 1 aromatic rings. The van der Waals surface area contributed by atoms with Crippen LogP contribution in [0.1, 0.15) is 29.3 Å². The van der Waals surface area contributed by atoms with Gasteiger partial charge in [-0.3, -0.25) is 9.78 Å². The van der Waals surface area contributed by atoms with E-state index in [1.165, 1.54) is 0 Å². The van der Waals surface area contributed by atoms with Gasteiger partial charge in [0.15, 0.2) is 0 Å². The topological polar surface area (TPSA) is 53.4 Å². The molecule has 0 radical (unpaired) electrons. The third kappa shape index (κ3) is 4.55. The number of aliphatic hydroxyl groups is 1. The molecule has 4 nitrogen and oxygen atoms in total. The Balaban J connectivity index is 2.91. The van der Waals surface area contributed by atoms with Gasteiger partial charge in [0.2, 0.25) is 0 Å². The fourth-order valence-corrected chi connectivity index (χ4v) is 2.26. The summed E-state index contributed by atoms with van der Waals surface area (Å²) in [5.74, 6) is 6.27. The maximum atomic E-state index is 12.5. The Morgan fingerprint density at radius 2 is 2.35 bits per heavy atom. The maximum absolute atomic E-state index is 12.5. The van der Waals surface area contributed by atoms with E-state index < -0.39 is 0 Å². The second-order valence-corrected chi connectivity index (χ2v) is 5.41. The highest BCUT2D eigenvalue weighted by Crippen LogP contribution is 2.13. The van der Waals surface area contributed by atoms with Crippen LogP contribution in [-0.4, -0.2) is 52.6 Å². The molecule has 20 heavy (non-hydrogen) atoms. The van der Waals surface area contributed by atoms with E-state index in [0.29, 0.717) is 11.1 Å². The summed E-state index contributed by atoms with van der Waals surface area (Å²) < 4.78 is 0. The van der Waals surface area contributed by atoms with Gasteiger partial charge in [-0.15, -0.1) is 0 Å². The number of aliphatic hydroxyl groups excluding tert-OH is 1. The minimum atomic E-state index is -0.234. The normalized spacial score (nSPS) is 11.4. The third-order valence-corrected chi connectivity index (χ3v) is 3.72. The summed E-state index contributed by atoms with van der Waals surface area (Å²) in [4.78, 5) is 18.2. The molecule has 1 rings (SSSR count). The van der Waals surface area contributed by atoms with Crippen LogP contribution in [0.4, 0.5) is 0 Å². The Hall–Kier alpha value is -1.51. The van der Waals surface area contributed by atoms with Crippen molar-refractivity contribution in [3.05, 3.63) is 29.6 Å². The van der Waals surface area contributed by atoms with Gasteiger partial charge in [-0.25, -0.2) is 0 Å². The van der Waals surface area contributed by atoms with E-state index >= 15 is 0 Å². The fourth-order valence-electron chi connectivity index (χ4n) is 1.69. The van der Waals surface area contributed by atoms with Gasteiger partial charge in [-0.2, -0.15) is 11.8 Å². The number of pyridine rings is 1. The number of hydrogen-bond acceptors (Lipinski definition) is 4. The molecule has 0 aliphatic carbocycles. The smallest absolute Gasteiger partial charge is 0.255 e. The lowest BCUT2D eigenvalue weighted by Gasteiger charge is -2.25. The summed E-state index contributed by atoms with van der Waals surface area (Å²) in [5, 5.41) is 8.76. The summed E-state index contributed by atoms with van der Waals surface area (Å²) in [6.45, 7) is 1.80. The first kappa shape index (κ1) is 16.5. The Kier molecular flexibility index (Phi) is 7.13. The zero-order valence-corrected chi connectivity index (χ0v) is 12.9. The number of carbonyl (C=O) groups is 1. The van der Waals surface area contributed by atoms with Crippen LogP contribution in [0, 0.1) is 11.8 Å². The third-order valence-electron chi connectivity index (χ3n) is 3.07. The van der Waals surface area contributed by atoms with Gasteiger partial charge in [0, 0.05) is 25.5 Å². The molecule has 0 fully saturated rings. The van der Waals surface area contributed by atoms with Gasteiger partial charge >= 0.3 is 0 Å². The van der Waals surface area contributed by atoms with Crippen molar-refractivity contribution in [1.82, 2.24) is 9.88 Å². The molecule has 1 unspecified atom stereocenters. The SMILES string of the molecule is CSCCC(C)N(C)C(=O)c1ccncc1C#CCO. The minimum Gasteiger partial charge on any atom is -0.384 e. The highest BCUT2D eigenvalue weighted by atomic mass is 32.2. The number of carbonyl (C=O) groups excluding carboxylic acids is 1. The first-order valence-corrected chi connectivity index (χ1v) is 7.81. The van der Waals surface area contributed by atoms with Crippen molar-refractivity contribution in [2.75, 3.05) is 25.7 Å². The van der Waals surface area contributed by atoms with Crippen molar-refractivity contribution in [2.24, 2.45) is 0 Å². The van der Waals surface area contributed by atoms with E-state index in [1.54, 1.807) is 42.2 Å². The summed E-state index contributed by atoms with van der Waals surface area (Å²) in [6.07, 6.45) is 6.14. The lowest BCUT2D eigenvalue weighted by Crippen LogP contribution is -2.35. The first-order valence-electron chi connectivity index (χ1n) is 6.41. The van der Waals surface area contributed by atoms with Crippen molar-refractivity contribution < 1.29 is 9.90 Å². The summed E-state index contributed by atoms with van der Waals surface area (Å²) >= 11 is 1.77. The van der Waals surface area contributed by atoms with Gasteiger partial charge in [0.1, 0.15) is 6.61 Å². The Bertz CT molecular complexity index is 508. The van der Waals surface area contributed by atoms with Gasteiger partial charge in [-0.05, 0) is 31.4 Å². The van der Waals surface area contributed by atoms with Gasteiger partial charge in [0.25, 0.3) is 5.91 Å². The lowest BCUT2D eigenvalue weighted by molar-refractivity contribution is 0.0741. The number of hydrogen-bond donors (Lipinski definition) is 1. The molecule has 1 amide bonds. The molecule has 0 aromatic carbocycles. The van der Waals surface area contributed by atoms with Crippen molar-refractivity contribution in [1.29, 1.82) is 0 Å². The Morgan fingerprint density at radius 3 is 3.00 bits per heavy atom. The average molecular weight is 292 g/mol. The highest BCUT2D eigenvalue weighted by Gasteiger charge is 2.19. The van der Waals surface area contributed by atoms with Gasteiger partial charge in [-0.1, -0.05) is 11.8 Å². The van der Waals surface area contributed by atoms with Crippen LogP contribution in [-0.2, 0) is 0 Å². The quantitative estimate of drug-likeness (QED) is 0.838. The fraction of sp³-hybridized carbons (Fsp3) is 0.467. The number of amides is 1. The van der Waals surface area contributed by atoms with E-state index in [-0.39, 0.29) is 18.6 Å². The summed E-state index contributed by atoms with van der Waals surface area (Å²) in [7, 11) is 1.80. The van der Waals surface area contributed by atoms with E-state index in [0.717, 1.165) is 12.2 Å². The number of aromatic nitrogens is 1. The Morgan fingerprint density at radius 1 is 1.60 bits per heavy atom. The molecule has 1 heterocycles.